The predicted molar refractivity (Wildman–Crippen MR) is 51.1 cm³/mol. The first-order valence-corrected chi connectivity index (χ1v) is 4.66. The Balaban J connectivity index is 2.73. The van der Waals surface area contributed by atoms with Gasteiger partial charge in [0.1, 0.15) is 5.82 Å². The van der Waals surface area contributed by atoms with Gasteiger partial charge in [0.15, 0.2) is 0 Å². The molecule has 2 rings (SSSR count). The third-order valence-corrected chi connectivity index (χ3v) is 2.77. The summed E-state index contributed by atoms with van der Waals surface area (Å²) in [5.74, 6) is -0.543. The lowest BCUT2D eigenvalue weighted by Crippen LogP contribution is -2.02. The summed E-state index contributed by atoms with van der Waals surface area (Å²) in [6.45, 7) is 1.51. The van der Waals surface area contributed by atoms with Crippen LogP contribution >= 0.6 is 0 Å². The number of nitro benzene ring substituents is 1. The molecule has 1 aliphatic carbocycles. The minimum Gasteiger partial charge on any atom is -0.388 e. The molecule has 0 radical (unpaired) electrons. The van der Waals surface area contributed by atoms with Crippen LogP contribution in [0.2, 0.25) is 0 Å². The Bertz CT molecular complexity index is 445. The van der Waals surface area contributed by atoms with Crippen molar-refractivity contribution in [1.82, 2.24) is 0 Å². The van der Waals surface area contributed by atoms with Crippen molar-refractivity contribution in [2.24, 2.45) is 0 Å². The largest absolute Gasteiger partial charge is 0.388 e. The summed E-state index contributed by atoms with van der Waals surface area (Å²) < 4.78 is 13.5. The van der Waals surface area contributed by atoms with E-state index >= 15 is 0 Å². The van der Waals surface area contributed by atoms with Gasteiger partial charge >= 0.3 is 0 Å². The van der Waals surface area contributed by atoms with E-state index in [1.807, 2.05) is 0 Å². The van der Waals surface area contributed by atoms with Crippen LogP contribution in [-0.2, 0) is 6.42 Å². The van der Waals surface area contributed by atoms with E-state index in [1.54, 1.807) is 0 Å². The molecule has 0 aliphatic heterocycles. The summed E-state index contributed by atoms with van der Waals surface area (Å²) in [5, 5.41) is 20.3. The van der Waals surface area contributed by atoms with E-state index in [9.17, 15) is 19.6 Å². The Morgan fingerprint density at radius 1 is 1.67 bits per heavy atom. The number of benzene rings is 1. The molecule has 1 unspecified atom stereocenters. The number of hydrogen-bond acceptors (Lipinski definition) is 3. The molecule has 1 aromatic carbocycles. The summed E-state index contributed by atoms with van der Waals surface area (Å²) in [6.07, 6.45) is -0.179. The Morgan fingerprint density at radius 2 is 2.33 bits per heavy atom. The lowest BCUT2D eigenvalue weighted by molar-refractivity contribution is -0.386. The van der Waals surface area contributed by atoms with Crippen molar-refractivity contribution in [2.45, 2.75) is 25.9 Å². The second-order valence-electron chi connectivity index (χ2n) is 3.73. The number of aliphatic hydroxyl groups is 1. The molecule has 1 atom stereocenters. The van der Waals surface area contributed by atoms with E-state index in [1.165, 1.54) is 6.92 Å². The molecule has 15 heavy (non-hydrogen) atoms. The van der Waals surface area contributed by atoms with Crippen LogP contribution in [-0.4, -0.2) is 10.0 Å². The van der Waals surface area contributed by atoms with Gasteiger partial charge < -0.3 is 5.11 Å². The fourth-order valence-electron chi connectivity index (χ4n) is 2.14. The monoisotopic (exact) mass is 211 g/mol. The highest BCUT2D eigenvalue weighted by Gasteiger charge is 2.32. The lowest BCUT2D eigenvalue weighted by atomic mass is 10.0. The molecule has 1 N–H and O–H groups in total. The first-order valence-electron chi connectivity index (χ1n) is 4.66. The summed E-state index contributed by atoms with van der Waals surface area (Å²) in [4.78, 5) is 10.3. The summed E-state index contributed by atoms with van der Waals surface area (Å²) in [6, 6.07) is 1.12. The molecule has 0 spiro atoms. The van der Waals surface area contributed by atoms with E-state index in [2.05, 4.69) is 0 Å². The standard InChI is InChI=1S/C10H10FNO3/c1-5-4-7(11)9-6(2-3-8(9)13)10(5)12(14)15/h4,8,13H,2-3H2,1H3. The van der Waals surface area contributed by atoms with Crippen molar-refractivity contribution >= 4 is 5.69 Å². The predicted octanol–water partition coefficient (Wildman–Crippen LogP) is 2.02. The third-order valence-electron chi connectivity index (χ3n) is 2.77. The van der Waals surface area contributed by atoms with Gasteiger partial charge in [-0.3, -0.25) is 10.1 Å². The topological polar surface area (TPSA) is 63.4 Å². The minimum atomic E-state index is -0.903. The first kappa shape index (κ1) is 10.0. The minimum absolute atomic E-state index is 0.0528. The van der Waals surface area contributed by atoms with E-state index in [4.69, 9.17) is 0 Å². The fraction of sp³-hybridized carbons (Fsp3) is 0.400. The van der Waals surface area contributed by atoms with Gasteiger partial charge in [-0.2, -0.15) is 0 Å². The zero-order chi connectivity index (χ0) is 11.2. The molecular weight excluding hydrogens is 201 g/mol. The summed E-state index contributed by atoms with van der Waals surface area (Å²) in [5.41, 5.74) is 0.714. The highest BCUT2D eigenvalue weighted by atomic mass is 19.1. The average Bonchev–Trinajstić information content (AvgIpc) is 2.47. The Morgan fingerprint density at radius 3 is 2.93 bits per heavy atom. The molecule has 0 heterocycles. The summed E-state index contributed by atoms with van der Waals surface area (Å²) in [7, 11) is 0. The maximum absolute atomic E-state index is 13.5. The average molecular weight is 211 g/mol. The van der Waals surface area contributed by atoms with Crippen LogP contribution in [0.25, 0.3) is 0 Å². The number of hydrogen-bond donors (Lipinski definition) is 1. The van der Waals surface area contributed by atoms with Crippen molar-refractivity contribution < 1.29 is 14.4 Å². The lowest BCUT2D eigenvalue weighted by Gasteiger charge is -2.07. The van der Waals surface area contributed by atoms with Crippen molar-refractivity contribution in [3.8, 4) is 0 Å². The van der Waals surface area contributed by atoms with Gasteiger partial charge in [0.05, 0.1) is 11.0 Å². The van der Waals surface area contributed by atoms with Crippen molar-refractivity contribution in [1.29, 1.82) is 0 Å². The van der Waals surface area contributed by atoms with Crippen LogP contribution in [0.1, 0.15) is 29.2 Å². The Hall–Kier alpha value is -1.49. The van der Waals surface area contributed by atoms with Crippen molar-refractivity contribution in [3.63, 3.8) is 0 Å². The highest BCUT2D eigenvalue weighted by molar-refractivity contribution is 5.54. The molecular formula is C10H10FNO3. The number of aliphatic hydroxyl groups excluding tert-OH is 1. The molecule has 0 saturated carbocycles. The normalized spacial score (nSPS) is 19.0. The van der Waals surface area contributed by atoms with E-state index < -0.39 is 16.8 Å². The first-order chi connectivity index (χ1) is 7.02. The van der Waals surface area contributed by atoms with Crippen molar-refractivity contribution in [2.75, 3.05) is 0 Å². The maximum atomic E-state index is 13.5. The molecule has 5 heteroatoms. The van der Waals surface area contributed by atoms with Crippen LogP contribution < -0.4 is 0 Å². The van der Waals surface area contributed by atoms with Crippen molar-refractivity contribution in [3.05, 3.63) is 38.7 Å². The van der Waals surface area contributed by atoms with Crippen LogP contribution in [0.4, 0.5) is 10.1 Å². The van der Waals surface area contributed by atoms with E-state index in [0.717, 1.165) is 6.07 Å². The van der Waals surface area contributed by atoms with Gasteiger partial charge in [-0.05, 0) is 25.8 Å². The van der Waals surface area contributed by atoms with Crippen LogP contribution in [0.5, 0.6) is 0 Å². The third kappa shape index (κ3) is 1.39. The highest BCUT2D eigenvalue weighted by Crippen LogP contribution is 2.40. The number of aryl methyl sites for hydroxylation is 1. The number of nitrogens with zero attached hydrogens (tertiary/aromatic N) is 1. The number of rotatable bonds is 1. The Kier molecular flexibility index (Phi) is 2.19. The SMILES string of the molecule is Cc1cc(F)c2c(c1[N+](=O)[O-])CCC2O. The maximum Gasteiger partial charge on any atom is 0.276 e. The molecule has 1 aromatic rings. The zero-order valence-electron chi connectivity index (χ0n) is 8.16. The van der Waals surface area contributed by atoms with Gasteiger partial charge in [0.2, 0.25) is 0 Å². The second kappa shape index (κ2) is 3.27. The van der Waals surface area contributed by atoms with E-state index in [-0.39, 0.29) is 11.3 Å². The molecule has 80 valence electrons. The van der Waals surface area contributed by atoms with Crippen LogP contribution in [0, 0.1) is 22.9 Å². The van der Waals surface area contributed by atoms with Gasteiger partial charge in [-0.25, -0.2) is 4.39 Å². The van der Waals surface area contributed by atoms with Crippen LogP contribution in [0.3, 0.4) is 0 Å². The molecule has 4 nitrogen and oxygen atoms in total. The van der Waals surface area contributed by atoms with Gasteiger partial charge in [0.25, 0.3) is 5.69 Å². The Labute approximate surface area is 85.5 Å². The zero-order valence-corrected chi connectivity index (χ0v) is 8.16. The molecule has 1 aliphatic rings. The van der Waals surface area contributed by atoms with Gasteiger partial charge in [-0.1, -0.05) is 0 Å². The van der Waals surface area contributed by atoms with Gasteiger partial charge in [0, 0.05) is 16.7 Å². The fourth-order valence-corrected chi connectivity index (χ4v) is 2.14. The molecule has 0 amide bonds. The van der Waals surface area contributed by atoms with Gasteiger partial charge in [-0.15, -0.1) is 0 Å². The summed E-state index contributed by atoms with van der Waals surface area (Å²) >= 11 is 0. The second-order valence-corrected chi connectivity index (χ2v) is 3.73. The quantitative estimate of drug-likeness (QED) is 0.571. The van der Waals surface area contributed by atoms with Crippen LogP contribution in [0.15, 0.2) is 6.07 Å². The number of nitro groups is 1. The van der Waals surface area contributed by atoms with E-state index in [0.29, 0.717) is 24.0 Å². The number of fused-ring (bicyclic) bond motifs is 1. The smallest absolute Gasteiger partial charge is 0.276 e. The molecule has 0 aromatic heterocycles. The molecule has 0 fully saturated rings. The molecule has 0 bridgehead atoms. The molecule has 0 saturated heterocycles. The number of halogens is 1.